The van der Waals surface area contributed by atoms with Crippen molar-refractivity contribution in [3.63, 3.8) is 0 Å². The molecular formula is C27H35FN6O. The summed E-state index contributed by atoms with van der Waals surface area (Å²) in [4.78, 5) is 22.1. The number of rotatable bonds is 6. The van der Waals surface area contributed by atoms with Crippen LogP contribution >= 0.6 is 0 Å². The molecule has 5 rings (SSSR count). The van der Waals surface area contributed by atoms with E-state index in [0.717, 1.165) is 80.2 Å². The Morgan fingerprint density at radius 3 is 2.51 bits per heavy atom. The first-order valence-corrected chi connectivity index (χ1v) is 12.8. The van der Waals surface area contributed by atoms with Crippen LogP contribution in [-0.4, -0.2) is 59.2 Å². The number of hydrogen-bond acceptors (Lipinski definition) is 4. The van der Waals surface area contributed by atoms with E-state index in [1.807, 2.05) is 30.3 Å². The van der Waals surface area contributed by atoms with Crippen LogP contribution in [0.2, 0.25) is 0 Å². The first kappa shape index (κ1) is 23.6. The van der Waals surface area contributed by atoms with Crippen molar-refractivity contribution in [2.75, 3.05) is 42.9 Å². The maximum Gasteiger partial charge on any atom is 0.319 e. The van der Waals surface area contributed by atoms with E-state index in [9.17, 15) is 9.18 Å². The molecule has 1 aliphatic carbocycles. The standard InChI is InChI=1S/C27H35FN6O/c1-32-25-12-9-22(30-27(35)29-21-5-3-2-4-6-21)19-24(25)31-26(32)13-14-33-15-17-34(18-16-33)23-10-7-20(28)8-11-23/h7-12,19,21H,2-6,13-18H2,1H3,(H2,29,30,35). The number of aromatic nitrogens is 2. The zero-order chi connectivity index (χ0) is 24.2. The molecule has 2 N–H and O–H groups in total. The minimum atomic E-state index is -0.194. The van der Waals surface area contributed by atoms with Gasteiger partial charge in [0.15, 0.2) is 0 Å². The number of piperazine rings is 1. The van der Waals surface area contributed by atoms with E-state index in [0.29, 0.717) is 0 Å². The van der Waals surface area contributed by atoms with Crippen molar-refractivity contribution < 1.29 is 9.18 Å². The molecule has 0 unspecified atom stereocenters. The van der Waals surface area contributed by atoms with Crippen molar-refractivity contribution in [3.05, 3.63) is 54.1 Å². The average Bonchev–Trinajstić information content (AvgIpc) is 3.18. The molecular weight excluding hydrogens is 443 g/mol. The van der Waals surface area contributed by atoms with Gasteiger partial charge in [-0.2, -0.15) is 0 Å². The third-order valence-corrected chi connectivity index (χ3v) is 7.39. The number of nitrogens with zero attached hydrogens (tertiary/aromatic N) is 4. The Balaban J connectivity index is 1.14. The second kappa shape index (κ2) is 10.6. The molecule has 1 aromatic heterocycles. The van der Waals surface area contributed by atoms with Gasteiger partial charge in [-0.3, -0.25) is 4.90 Å². The van der Waals surface area contributed by atoms with Gasteiger partial charge < -0.3 is 20.1 Å². The van der Waals surface area contributed by atoms with E-state index in [2.05, 4.69) is 32.0 Å². The van der Waals surface area contributed by atoms with Crippen molar-refractivity contribution >= 4 is 28.4 Å². The summed E-state index contributed by atoms with van der Waals surface area (Å²) >= 11 is 0. The number of fused-ring (bicyclic) bond motifs is 1. The van der Waals surface area contributed by atoms with E-state index in [1.54, 1.807) is 0 Å². The highest BCUT2D eigenvalue weighted by Gasteiger charge is 2.19. The van der Waals surface area contributed by atoms with Crippen LogP contribution in [0.25, 0.3) is 11.0 Å². The molecule has 35 heavy (non-hydrogen) atoms. The number of imidazole rings is 1. The topological polar surface area (TPSA) is 65.4 Å². The summed E-state index contributed by atoms with van der Waals surface area (Å²) in [6.07, 6.45) is 6.65. The van der Waals surface area contributed by atoms with Gasteiger partial charge in [-0.1, -0.05) is 19.3 Å². The average molecular weight is 479 g/mol. The molecule has 7 nitrogen and oxygen atoms in total. The van der Waals surface area contributed by atoms with Crippen molar-refractivity contribution in [2.24, 2.45) is 7.05 Å². The highest BCUT2D eigenvalue weighted by Crippen LogP contribution is 2.22. The Hall–Kier alpha value is -3.13. The SMILES string of the molecule is Cn1c(CCN2CCN(c3ccc(F)cc3)CC2)nc2cc(NC(=O)NC3CCCCC3)ccc21. The number of hydrogen-bond donors (Lipinski definition) is 2. The summed E-state index contributed by atoms with van der Waals surface area (Å²) < 4.78 is 15.3. The van der Waals surface area contributed by atoms with E-state index >= 15 is 0 Å². The lowest BCUT2D eigenvalue weighted by Crippen LogP contribution is -2.47. The minimum absolute atomic E-state index is 0.132. The molecule has 8 heteroatoms. The third kappa shape index (κ3) is 5.75. The van der Waals surface area contributed by atoms with Gasteiger partial charge in [0.05, 0.1) is 11.0 Å². The molecule has 186 valence electrons. The van der Waals surface area contributed by atoms with Crippen LogP contribution in [0.15, 0.2) is 42.5 Å². The van der Waals surface area contributed by atoms with Crippen molar-refractivity contribution in [1.29, 1.82) is 0 Å². The zero-order valence-electron chi connectivity index (χ0n) is 20.5. The molecule has 0 radical (unpaired) electrons. The third-order valence-electron chi connectivity index (χ3n) is 7.39. The molecule has 0 spiro atoms. The fourth-order valence-corrected chi connectivity index (χ4v) is 5.29. The summed E-state index contributed by atoms with van der Waals surface area (Å²) in [7, 11) is 2.06. The number of nitrogens with one attached hydrogen (secondary N) is 2. The number of halogens is 1. The number of carbonyl (C=O) groups is 1. The smallest absolute Gasteiger partial charge is 0.319 e. The predicted molar refractivity (Wildman–Crippen MR) is 138 cm³/mol. The lowest BCUT2D eigenvalue weighted by molar-refractivity contribution is 0.244. The molecule has 2 fully saturated rings. The van der Waals surface area contributed by atoms with Gasteiger partial charge in [0.2, 0.25) is 0 Å². The molecule has 0 bridgehead atoms. The minimum Gasteiger partial charge on any atom is -0.369 e. The lowest BCUT2D eigenvalue weighted by atomic mass is 9.96. The maximum atomic E-state index is 13.2. The normalized spacial score (nSPS) is 17.6. The van der Waals surface area contributed by atoms with Crippen molar-refractivity contribution in [3.8, 4) is 0 Å². The fourth-order valence-electron chi connectivity index (χ4n) is 5.29. The first-order chi connectivity index (χ1) is 17.0. The van der Waals surface area contributed by atoms with Crippen molar-refractivity contribution in [2.45, 2.75) is 44.6 Å². The monoisotopic (exact) mass is 478 g/mol. The largest absolute Gasteiger partial charge is 0.369 e. The Morgan fingerprint density at radius 2 is 1.77 bits per heavy atom. The van der Waals surface area contributed by atoms with E-state index in [-0.39, 0.29) is 17.9 Å². The molecule has 1 saturated heterocycles. The molecule has 3 aromatic rings. The Bertz CT molecular complexity index is 1150. The summed E-state index contributed by atoms with van der Waals surface area (Å²) in [6.45, 7) is 4.78. The van der Waals surface area contributed by atoms with Crippen LogP contribution in [-0.2, 0) is 13.5 Å². The highest BCUT2D eigenvalue weighted by molar-refractivity contribution is 5.92. The van der Waals surface area contributed by atoms with Gasteiger partial charge in [0, 0.05) is 63.6 Å². The van der Waals surface area contributed by atoms with Crippen molar-refractivity contribution in [1.82, 2.24) is 19.8 Å². The number of aryl methyl sites for hydroxylation is 1. The number of amides is 2. The molecule has 2 amide bonds. The second-order valence-corrected chi connectivity index (χ2v) is 9.78. The van der Waals surface area contributed by atoms with Crippen LogP contribution in [0.4, 0.5) is 20.6 Å². The lowest BCUT2D eigenvalue weighted by Gasteiger charge is -2.36. The van der Waals surface area contributed by atoms with Crippen LogP contribution in [0, 0.1) is 5.82 Å². The molecule has 2 aliphatic rings. The van der Waals surface area contributed by atoms with E-state index < -0.39 is 0 Å². The first-order valence-electron chi connectivity index (χ1n) is 12.8. The van der Waals surface area contributed by atoms with Crippen LogP contribution in [0.5, 0.6) is 0 Å². The van der Waals surface area contributed by atoms with Gasteiger partial charge in [0.1, 0.15) is 11.6 Å². The van der Waals surface area contributed by atoms with Crippen LogP contribution in [0.3, 0.4) is 0 Å². The second-order valence-electron chi connectivity index (χ2n) is 9.78. The predicted octanol–water partition coefficient (Wildman–Crippen LogP) is 4.53. The summed E-state index contributed by atoms with van der Waals surface area (Å²) in [6, 6.07) is 12.8. The zero-order valence-corrected chi connectivity index (χ0v) is 20.5. The quantitative estimate of drug-likeness (QED) is 0.546. The summed E-state index contributed by atoms with van der Waals surface area (Å²) in [5.74, 6) is 0.852. The van der Waals surface area contributed by atoms with Crippen LogP contribution < -0.4 is 15.5 Å². The van der Waals surface area contributed by atoms with E-state index in [1.165, 1.54) is 31.4 Å². The van der Waals surface area contributed by atoms with Gasteiger partial charge in [-0.25, -0.2) is 14.2 Å². The number of benzene rings is 2. The molecule has 1 aliphatic heterocycles. The Morgan fingerprint density at radius 1 is 1.03 bits per heavy atom. The molecule has 2 heterocycles. The molecule has 0 atom stereocenters. The number of carbonyl (C=O) groups excluding carboxylic acids is 1. The van der Waals surface area contributed by atoms with Gasteiger partial charge >= 0.3 is 6.03 Å². The maximum absolute atomic E-state index is 13.2. The van der Waals surface area contributed by atoms with Gasteiger partial charge in [-0.05, 0) is 55.3 Å². The summed E-state index contributed by atoms with van der Waals surface area (Å²) in [5, 5.41) is 6.08. The van der Waals surface area contributed by atoms with Crippen LogP contribution in [0.1, 0.15) is 37.9 Å². The number of anilines is 2. The van der Waals surface area contributed by atoms with E-state index in [4.69, 9.17) is 4.98 Å². The number of urea groups is 1. The fraction of sp³-hybridized carbons (Fsp3) is 0.481. The van der Waals surface area contributed by atoms with Gasteiger partial charge in [0.25, 0.3) is 0 Å². The van der Waals surface area contributed by atoms with Gasteiger partial charge in [-0.15, -0.1) is 0 Å². The Labute approximate surface area is 206 Å². The Kier molecular flexibility index (Phi) is 7.18. The molecule has 2 aromatic carbocycles. The highest BCUT2D eigenvalue weighted by atomic mass is 19.1. The summed E-state index contributed by atoms with van der Waals surface area (Å²) in [5.41, 5.74) is 3.82. The molecule has 1 saturated carbocycles.